The predicted molar refractivity (Wildman–Crippen MR) is 391 cm³/mol. The minimum absolute atomic E-state index is 0.106. The van der Waals surface area contributed by atoms with Crippen molar-refractivity contribution in [2.45, 2.75) is 408 Å². The SMILES string of the molecule is CCC(C)CCCCCCCCCCCCCCCCC(=O)O[C@H](COC(=O)CCCCCCCCCC(C)C)COP(=O)(O)OCC(O)COP(=O)(O)OC[C@@H](COC(=O)CCCCCCCCCC(C)C)OC(=O)CCCCCCCCCCCCCCCCC(C)CC. The van der Waals surface area contributed by atoms with E-state index < -0.39 is 97.5 Å². The van der Waals surface area contributed by atoms with Crippen molar-refractivity contribution in [1.29, 1.82) is 0 Å². The van der Waals surface area contributed by atoms with Crippen molar-refractivity contribution in [3.63, 3.8) is 0 Å². The zero-order valence-corrected chi connectivity index (χ0v) is 64.8. The summed E-state index contributed by atoms with van der Waals surface area (Å²) >= 11 is 0. The summed E-state index contributed by atoms with van der Waals surface area (Å²) in [6.45, 7) is 14.2. The molecule has 0 aliphatic rings. The van der Waals surface area contributed by atoms with E-state index in [1.54, 1.807) is 0 Å². The van der Waals surface area contributed by atoms with E-state index in [0.717, 1.165) is 115 Å². The molecule has 0 aromatic heterocycles. The Kier molecular flexibility index (Phi) is 65.0. The van der Waals surface area contributed by atoms with Crippen molar-refractivity contribution in [3.8, 4) is 0 Å². The lowest BCUT2D eigenvalue weighted by Gasteiger charge is -2.21. The number of aliphatic hydroxyl groups is 1. The van der Waals surface area contributed by atoms with E-state index >= 15 is 0 Å². The molecule has 96 heavy (non-hydrogen) atoms. The molecule has 0 spiro atoms. The van der Waals surface area contributed by atoms with Gasteiger partial charge in [0.2, 0.25) is 0 Å². The molecule has 3 N–H and O–H groups in total. The molecule has 0 aliphatic heterocycles. The molecular weight excluding hydrogens is 1260 g/mol. The highest BCUT2D eigenvalue weighted by atomic mass is 31.2. The fraction of sp³-hybridized carbons (Fsp3) is 0.948. The number of hydrogen-bond donors (Lipinski definition) is 3. The highest BCUT2D eigenvalue weighted by Crippen LogP contribution is 2.45. The molecule has 0 rings (SSSR count). The Bertz CT molecular complexity index is 1760. The number of hydrogen-bond acceptors (Lipinski definition) is 15. The van der Waals surface area contributed by atoms with Crippen molar-refractivity contribution >= 4 is 39.5 Å². The number of carbonyl (C=O) groups is 4. The summed E-state index contributed by atoms with van der Waals surface area (Å²) in [4.78, 5) is 72.8. The second-order valence-electron chi connectivity index (χ2n) is 29.2. The molecule has 0 saturated carbocycles. The molecule has 0 radical (unpaired) electrons. The first kappa shape index (κ1) is 94.1. The average Bonchev–Trinajstić information content (AvgIpc) is 1.42. The average molecular weight is 1410 g/mol. The molecule has 19 heteroatoms. The van der Waals surface area contributed by atoms with E-state index in [1.165, 1.54) is 180 Å². The van der Waals surface area contributed by atoms with Crippen LogP contribution in [0.5, 0.6) is 0 Å². The number of rotatable bonds is 74. The van der Waals surface area contributed by atoms with Crippen LogP contribution in [0.3, 0.4) is 0 Å². The number of ether oxygens (including phenoxy) is 4. The summed E-state index contributed by atoms with van der Waals surface area (Å²) in [6, 6.07) is 0. The molecule has 0 heterocycles. The fourth-order valence-electron chi connectivity index (χ4n) is 11.7. The van der Waals surface area contributed by atoms with Crippen LogP contribution in [0.15, 0.2) is 0 Å². The maximum atomic E-state index is 13.1. The Labute approximate surface area is 588 Å². The number of carbonyl (C=O) groups excluding carboxylic acids is 4. The Balaban J connectivity index is 5.21. The Hall–Kier alpha value is -1.94. The van der Waals surface area contributed by atoms with Crippen molar-refractivity contribution in [1.82, 2.24) is 0 Å². The largest absolute Gasteiger partial charge is 0.472 e. The molecule has 0 saturated heterocycles. The van der Waals surface area contributed by atoms with Crippen LogP contribution in [-0.4, -0.2) is 96.7 Å². The van der Waals surface area contributed by atoms with Crippen LogP contribution in [0.1, 0.15) is 389 Å². The minimum Gasteiger partial charge on any atom is -0.462 e. The molecule has 0 aromatic carbocycles. The lowest BCUT2D eigenvalue weighted by molar-refractivity contribution is -0.161. The van der Waals surface area contributed by atoms with E-state index in [1.807, 2.05) is 0 Å². The molecule has 0 fully saturated rings. The zero-order chi connectivity index (χ0) is 71.0. The zero-order valence-electron chi connectivity index (χ0n) is 63.0. The van der Waals surface area contributed by atoms with Crippen molar-refractivity contribution in [3.05, 3.63) is 0 Å². The number of unbranched alkanes of at least 4 members (excludes halogenated alkanes) is 38. The van der Waals surface area contributed by atoms with Gasteiger partial charge in [-0.3, -0.25) is 37.3 Å². The van der Waals surface area contributed by atoms with Gasteiger partial charge in [0.25, 0.3) is 0 Å². The van der Waals surface area contributed by atoms with E-state index in [0.29, 0.717) is 37.5 Å². The first-order chi connectivity index (χ1) is 46.2. The standard InChI is InChI=1S/C77H150O17P2/c1-9-69(7)55-47-39-31-23-19-15-11-13-17-21-25-33-43-51-59-76(81)93-72(63-87-74(79)57-49-41-35-27-29-37-45-53-67(3)4)65-91-95(83,84)89-61-71(78)62-90-96(85,86)92-66-73(64-88-75(80)58-50-42-36-28-30-38-46-54-68(5)6)94-77(82)60-52-44-34-26-22-18-14-12-16-20-24-32-40-48-56-70(8)10-2/h67-73,78H,9-66H2,1-8H3,(H,83,84)(H,85,86)/t69?,70?,71?,72-,73-/m1/s1. The van der Waals surface area contributed by atoms with Crippen LogP contribution in [-0.2, 0) is 65.4 Å². The molecule has 6 atom stereocenters. The maximum Gasteiger partial charge on any atom is 0.472 e. The van der Waals surface area contributed by atoms with Crippen LogP contribution in [0.4, 0.5) is 0 Å². The minimum atomic E-state index is -4.96. The summed E-state index contributed by atoms with van der Waals surface area (Å²) in [5.74, 6) is 0.980. The van der Waals surface area contributed by atoms with Gasteiger partial charge in [0, 0.05) is 25.7 Å². The number of esters is 4. The topological polar surface area (TPSA) is 237 Å². The summed E-state index contributed by atoms with van der Waals surface area (Å²) < 4.78 is 68.5. The second-order valence-corrected chi connectivity index (χ2v) is 32.1. The molecule has 570 valence electrons. The molecule has 0 aliphatic carbocycles. The van der Waals surface area contributed by atoms with Crippen LogP contribution in [0.25, 0.3) is 0 Å². The quantitative estimate of drug-likeness (QED) is 0.0222. The third-order valence-corrected chi connectivity index (χ3v) is 20.4. The smallest absolute Gasteiger partial charge is 0.462 e. The van der Waals surface area contributed by atoms with Gasteiger partial charge >= 0.3 is 39.5 Å². The van der Waals surface area contributed by atoms with Gasteiger partial charge in [-0.2, -0.15) is 0 Å². The Morgan fingerprint density at radius 2 is 0.500 bits per heavy atom. The first-order valence-electron chi connectivity index (χ1n) is 39.8. The van der Waals surface area contributed by atoms with Crippen molar-refractivity contribution < 1.29 is 80.2 Å². The monoisotopic (exact) mass is 1410 g/mol. The molecule has 4 unspecified atom stereocenters. The van der Waals surface area contributed by atoms with Crippen LogP contribution < -0.4 is 0 Å². The van der Waals surface area contributed by atoms with Crippen molar-refractivity contribution in [2.75, 3.05) is 39.6 Å². The number of phosphoric acid groups is 2. The molecule has 0 aromatic rings. The molecule has 0 bridgehead atoms. The summed E-state index contributed by atoms with van der Waals surface area (Å²) in [5, 5.41) is 10.6. The van der Waals surface area contributed by atoms with Gasteiger partial charge in [-0.25, -0.2) is 9.13 Å². The normalized spacial score (nSPS) is 14.7. The van der Waals surface area contributed by atoms with E-state index in [2.05, 4.69) is 55.4 Å². The van der Waals surface area contributed by atoms with Gasteiger partial charge in [0.15, 0.2) is 12.2 Å². The molecule has 0 amide bonds. The van der Waals surface area contributed by atoms with Gasteiger partial charge in [-0.05, 0) is 49.4 Å². The Morgan fingerprint density at radius 3 is 0.740 bits per heavy atom. The fourth-order valence-corrected chi connectivity index (χ4v) is 13.2. The van der Waals surface area contributed by atoms with Crippen molar-refractivity contribution in [2.24, 2.45) is 23.7 Å². The summed E-state index contributed by atoms with van der Waals surface area (Å²) in [7, 11) is -9.91. The van der Waals surface area contributed by atoms with Crippen LogP contribution in [0.2, 0.25) is 0 Å². The molecular formula is C77H150O17P2. The van der Waals surface area contributed by atoms with Crippen LogP contribution in [0, 0.1) is 23.7 Å². The molecule has 17 nitrogen and oxygen atoms in total. The first-order valence-corrected chi connectivity index (χ1v) is 42.8. The van der Waals surface area contributed by atoms with Gasteiger partial charge < -0.3 is 33.8 Å². The summed E-state index contributed by atoms with van der Waals surface area (Å²) in [5.41, 5.74) is 0. The lowest BCUT2D eigenvalue weighted by Crippen LogP contribution is -2.30. The Morgan fingerprint density at radius 1 is 0.292 bits per heavy atom. The third kappa shape index (κ3) is 67.9. The van der Waals surface area contributed by atoms with Gasteiger partial charge in [-0.15, -0.1) is 0 Å². The lowest BCUT2D eigenvalue weighted by atomic mass is 9.99. The highest BCUT2D eigenvalue weighted by Gasteiger charge is 2.30. The van der Waals surface area contributed by atoms with Gasteiger partial charge in [0.1, 0.15) is 19.3 Å². The van der Waals surface area contributed by atoms with E-state index in [4.69, 9.17) is 37.0 Å². The second kappa shape index (κ2) is 66.3. The van der Waals surface area contributed by atoms with E-state index in [-0.39, 0.29) is 25.7 Å². The maximum absolute atomic E-state index is 13.1. The van der Waals surface area contributed by atoms with Gasteiger partial charge in [0.05, 0.1) is 26.4 Å². The van der Waals surface area contributed by atoms with Gasteiger partial charge in [-0.1, -0.05) is 338 Å². The number of phosphoric ester groups is 2. The highest BCUT2D eigenvalue weighted by molar-refractivity contribution is 7.47. The third-order valence-electron chi connectivity index (χ3n) is 18.5. The predicted octanol–water partition coefficient (Wildman–Crippen LogP) is 22.4. The number of aliphatic hydroxyl groups excluding tert-OH is 1. The van der Waals surface area contributed by atoms with E-state index in [9.17, 15) is 43.2 Å². The summed E-state index contributed by atoms with van der Waals surface area (Å²) in [6.07, 6.45) is 51.4. The van der Waals surface area contributed by atoms with Crippen LogP contribution >= 0.6 is 15.6 Å².